The molecular weight excluding hydrogens is 380 g/mol. The van der Waals surface area contributed by atoms with E-state index in [2.05, 4.69) is 9.97 Å². The Balaban J connectivity index is 1.77. The second kappa shape index (κ2) is 7.79. The van der Waals surface area contributed by atoms with Crippen molar-refractivity contribution in [2.24, 2.45) is 0 Å². The maximum atomic E-state index is 13.3. The predicted molar refractivity (Wildman–Crippen MR) is 112 cm³/mol. The molecule has 0 atom stereocenters. The van der Waals surface area contributed by atoms with Crippen LogP contribution < -0.4 is 5.69 Å². The Morgan fingerprint density at radius 1 is 1.00 bits per heavy atom. The van der Waals surface area contributed by atoms with Gasteiger partial charge in [0.2, 0.25) is 5.78 Å². The van der Waals surface area contributed by atoms with E-state index < -0.39 is 11.6 Å². The summed E-state index contributed by atoms with van der Waals surface area (Å²) < 4.78 is 2.83. The Hall–Kier alpha value is -4.00. The second-order valence-electron chi connectivity index (χ2n) is 6.84. The van der Waals surface area contributed by atoms with Crippen molar-refractivity contribution in [1.29, 1.82) is 0 Å². The van der Waals surface area contributed by atoms with Gasteiger partial charge in [0.25, 0.3) is 5.91 Å². The molecule has 0 saturated heterocycles. The summed E-state index contributed by atoms with van der Waals surface area (Å²) in [6.45, 7) is 3.71. The molecule has 0 aliphatic rings. The number of nitrogens with one attached hydrogen (secondary N) is 1. The zero-order valence-corrected chi connectivity index (χ0v) is 16.6. The lowest BCUT2D eigenvalue weighted by Crippen LogP contribution is -2.28. The number of hydrogen-bond donors (Lipinski definition) is 1. The summed E-state index contributed by atoms with van der Waals surface area (Å²) in [4.78, 5) is 45.7. The monoisotopic (exact) mass is 400 g/mol. The Kier molecular flexibility index (Phi) is 5.02. The minimum Gasteiger partial charge on any atom is -0.309 e. The van der Waals surface area contributed by atoms with E-state index in [9.17, 15) is 14.4 Å². The fourth-order valence-corrected chi connectivity index (χ4v) is 3.44. The van der Waals surface area contributed by atoms with Gasteiger partial charge in [-0.2, -0.15) is 0 Å². The van der Waals surface area contributed by atoms with Crippen LogP contribution in [-0.2, 0) is 6.42 Å². The minimum absolute atomic E-state index is 0.0721. The fourth-order valence-electron chi connectivity index (χ4n) is 3.44. The quantitative estimate of drug-likeness (QED) is 0.521. The van der Waals surface area contributed by atoms with Gasteiger partial charge >= 0.3 is 5.69 Å². The third kappa shape index (κ3) is 3.30. The van der Waals surface area contributed by atoms with Crippen LogP contribution in [0.1, 0.15) is 44.9 Å². The number of imidazole rings is 2. The molecule has 0 bridgehead atoms. The number of rotatable bonds is 5. The summed E-state index contributed by atoms with van der Waals surface area (Å²) in [7, 11) is 0. The average Bonchev–Trinajstić information content (AvgIpc) is 3.36. The molecule has 2 aromatic heterocycles. The molecule has 150 valence electrons. The molecular formula is C23H20N4O3. The van der Waals surface area contributed by atoms with E-state index in [1.54, 1.807) is 48.7 Å². The number of carbonyl (C=O) groups excluding carboxylic acids is 2. The van der Waals surface area contributed by atoms with E-state index in [1.165, 1.54) is 0 Å². The van der Waals surface area contributed by atoms with Crippen molar-refractivity contribution in [1.82, 2.24) is 19.1 Å². The number of carbonyl (C=O) groups is 2. The largest absolute Gasteiger partial charge is 0.333 e. The number of hydrogen-bond acceptors (Lipinski definition) is 4. The standard InChI is InChI=1S/C23H20N4O3/c1-3-19-20(27(23(30)25-19)22(29)17-7-5-4-6-8-17)21(28)16-9-11-18(12-10-16)26-14-13-24-15(26)2/h4-14H,3H2,1-2H3,(H,25,30). The zero-order valence-electron chi connectivity index (χ0n) is 16.6. The molecule has 0 fully saturated rings. The van der Waals surface area contributed by atoms with Gasteiger partial charge in [-0.3, -0.25) is 9.59 Å². The highest BCUT2D eigenvalue weighted by Gasteiger charge is 2.25. The first-order chi connectivity index (χ1) is 14.5. The molecule has 0 aliphatic heterocycles. The van der Waals surface area contributed by atoms with E-state index in [0.717, 1.165) is 16.1 Å². The number of nitrogens with zero attached hydrogens (tertiary/aromatic N) is 3. The number of H-pyrrole nitrogens is 1. The van der Waals surface area contributed by atoms with Crippen LogP contribution in [0.4, 0.5) is 0 Å². The lowest BCUT2D eigenvalue weighted by molar-refractivity contribution is 0.0929. The molecule has 0 amide bonds. The van der Waals surface area contributed by atoms with E-state index in [4.69, 9.17) is 0 Å². The molecule has 30 heavy (non-hydrogen) atoms. The highest BCUT2D eigenvalue weighted by atomic mass is 16.2. The SMILES string of the molecule is CCc1[nH]c(=O)n(C(=O)c2ccccc2)c1C(=O)c1ccc(-n2ccnc2C)cc1. The fraction of sp³-hybridized carbons (Fsp3) is 0.130. The molecule has 4 aromatic rings. The summed E-state index contributed by atoms with van der Waals surface area (Å²) >= 11 is 0. The maximum Gasteiger partial charge on any atom is 0.333 e. The summed E-state index contributed by atoms with van der Waals surface area (Å²) in [6, 6.07) is 15.4. The zero-order chi connectivity index (χ0) is 21.3. The van der Waals surface area contributed by atoms with Crippen LogP contribution in [-0.4, -0.2) is 30.8 Å². The average molecular weight is 400 g/mol. The van der Waals surface area contributed by atoms with E-state index in [0.29, 0.717) is 23.2 Å². The molecule has 0 spiro atoms. The maximum absolute atomic E-state index is 13.3. The highest BCUT2D eigenvalue weighted by Crippen LogP contribution is 2.17. The van der Waals surface area contributed by atoms with Gasteiger partial charge in [-0.05, 0) is 49.7 Å². The lowest BCUT2D eigenvalue weighted by Gasteiger charge is -2.09. The van der Waals surface area contributed by atoms with Gasteiger partial charge in [-0.25, -0.2) is 14.3 Å². The van der Waals surface area contributed by atoms with Crippen molar-refractivity contribution in [2.75, 3.05) is 0 Å². The Bertz CT molecular complexity index is 1280. The molecule has 2 heterocycles. The van der Waals surface area contributed by atoms with Crippen LogP contribution >= 0.6 is 0 Å². The normalized spacial score (nSPS) is 10.9. The molecule has 0 saturated carbocycles. The van der Waals surface area contributed by atoms with Crippen molar-refractivity contribution in [2.45, 2.75) is 20.3 Å². The minimum atomic E-state index is -0.616. The van der Waals surface area contributed by atoms with Crippen LogP contribution in [0.2, 0.25) is 0 Å². The number of aromatic nitrogens is 4. The van der Waals surface area contributed by atoms with Gasteiger partial charge in [0.15, 0.2) is 0 Å². The van der Waals surface area contributed by atoms with Crippen molar-refractivity contribution >= 4 is 11.7 Å². The molecule has 7 nitrogen and oxygen atoms in total. The van der Waals surface area contributed by atoms with Gasteiger partial charge in [0, 0.05) is 34.9 Å². The Morgan fingerprint density at radius 3 is 2.30 bits per heavy atom. The summed E-state index contributed by atoms with van der Waals surface area (Å²) in [5.74, 6) is -0.0933. The topological polar surface area (TPSA) is 89.8 Å². The molecule has 4 rings (SSSR count). The molecule has 7 heteroatoms. The summed E-state index contributed by atoms with van der Waals surface area (Å²) in [5.41, 5.74) is 1.48. The molecule has 1 N–H and O–H groups in total. The van der Waals surface area contributed by atoms with Crippen LogP contribution in [0.5, 0.6) is 0 Å². The van der Waals surface area contributed by atoms with Gasteiger partial charge in [0.05, 0.1) is 0 Å². The first-order valence-electron chi connectivity index (χ1n) is 9.60. The first kappa shape index (κ1) is 19.3. The third-order valence-electron chi connectivity index (χ3n) is 5.00. The lowest BCUT2D eigenvalue weighted by atomic mass is 10.0. The Labute approximate surface area is 172 Å². The number of aromatic amines is 1. The van der Waals surface area contributed by atoms with Crippen molar-refractivity contribution < 1.29 is 9.59 Å². The van der Waals surface area contributed by atoms with Crippen molar-refractivity contribution in [3.63, 3.8) is 0 Å². The predicted octanol–water partition coefficient (Wildman–Crippen LogP) is 3.15. The van der Waals surface area contributed by atoms with Gasteiger partial charge in [-0.1, -0.05) is 25.1 Å². The molecule has 2 aromatic carbocycles. The molecule has 0 radical (unpaired) electrons. The van der Waals surface area contributed by atoms with Crippen LogP contribution in [0, 0.1) is 6.92 Å². The first-order valence-corrected chi connectivity index (χ1v) is 9.60. The van der Waals surface area contributed by atoms with Crippen molar-refractivity contribution in [3.8, 4) is 5.69 Å². The third-order valence-corrected chi connectivity index (χ3v) is 5.00. The Morgan fingerprint density at radius 2 is 1.70 bits per heavy atom. The van der Waals surface area contributed by atoms with Crippen LogP contribution in [0.3, 0.4) is 0 Å². The number of ketones is 1. The number of benzene rings is 2. The van der Waals surface area contributed by atoms with Crippen LogP contribution in [0.15, 0.2) is 71.8 Å². The van der Waals surface area contributed by atoms with E-state index in [1.807, 2.05) is 36.7 Å². The van der Waals surface area contributed by atoms with Crippen molar-refractivity contribution in [3.05, 3.63) is 106 Å². The summed E-state index contributed by atoms with van der Waals surface area (Å²) in [6.07, 6.45) is 3.96. The van der Waals surface area contributed by atoms with E-state index >= 15 is 0 Å². The summed E-state index contributed by atoms with van der Waals surface area (Å²) in [5, 5.41) is 0. The highest BCUT2D eigenvalue weighted by molar-refractivity contribution is 6.12. The van der Waals surface area contributed by atoms with Gasteiger partial charge in [-0.15, -0.1) is 0 Å². The van der Waals surface area contributed by atoms with Gasteiger partial charge < -0.3 is 9.55 Å². The molecule has 0 unspecified atom stereocenters. The van der Waals surface area contributed by atoms with Crippen LogP contribution in [0.25, 0.3) is 5.69 Å². The van der Waals surface area contributed by atoms with E-state index in [-0.39, 0.29) is 11.5 Å². The second-order valence-corrected chi connectivity index (χ2v) is 6.84. The molecule has 0 aliphatic carbocycles. The van der Waals surface area contributed by atoms with Gasteiger partial charge in [0.1, 0.15) is 11.5 Å². The number of aryl methyl sites for hydroxylation is 2. The smallest absolute Gasteiger partial charge is 0.309 e.